The fourth-order valence-electron chi connectivity index (χ4n) is 3.11. The van der Waals surface area contributed by atoms with Crippen molar-refractivity contribution in [2.75, 3.05) is 6.54 Å². The standard InChI is InChI=1S/C14H27NO/c1-13(2)7-9-14(11-15,10-8-13)16-12-5-3-4-6-12/h12H,3-11,15H2,1-2H3. The summed E-state index contributed by atoms with van der Waals surface area (Å²) in [6.45, 7) is 5.44. The normalized spacial score (nSPS) is 29.4. The van der Waals surface area contributed by atoms with E-state index in [9.17, 15) is 0 Å². The molecule has 0 saturated heterocycles. The van der Waals surface area contributed by atoms with Crippen molar-refractivity contribution in [1.82, 2.24) is 0 Å². The molecule has 2 aliphatic carbocycles. The van der Waals surface area contributed by atoms with Crippen LogP contribution >= 0.6 is 0 Å². The lowest BCUT2D eigenvalue weighted by atomic mass is 9.71. The van der Waals surface area contributed by atoms with Crippen LogP contribution in [0.2, 0.25) is 0 Å². The Morgan fingerprint density at radius 3 is 2.12 bits per heavy atom. The predicted molar refractivity (Wildman–Crippen MR) is 67.4 cm³/mol. The Balaban J connectivity index is 1.92. The largest absolute Gasteiger partial charge is 0.370 e. The molecule has 2 N–H and O–H groups in total. The highest BCUT2D eigenvalue weighted by molar-refractivity contribution is 4.92. The van der Waals surface area contributed by atoms with Crippen LogP contribution in [-0.2, 0) is 4.74 Å². The molecule has 2 saturated carbocycles. The van der Waals surface area contributed by atoms with Crippen molar-refractivity contribution in [2.45, 2.75) is 76.9 Å². The Hall–Kier alpha value is -0.0800. The van der Waals surface area contributed by atoms with Crippen molar-refractivity contribution in [3.8, 4) is 0 Å². The molecule has 2 aliphatic rings. The van der Waals surface area contributed by atoms with E-state index in [-0.39, 0.29) is 5.60 Å². The van der Waals surface area contributed by atoms with Gasteiger partial charge in [-0.2, -0.15) is 0 Å². The average Bonchev–Trinajstić information content (AvgIpc) is 2.74. The summed E-state index contributed by atoms with van der Waals surface area (Å²) in [4.78, 5) is 0. The topological polar surface area (TPSA) is 35.2 Å². The first-order valence-electron chi connectivity index (χ1n) is 6.93. The number of nitrogens with two attached hydrogens (primary N) is 1. The van der Waals surface area contributed by atoms with Crippen LogP contribution in [-0.4, -0.2) is 18.2 Å². The second-order valence-electron chi connectivity index (χ2n) is 6.58. The zero-order valence-corrected chi connectivity index (χ0v) is 10.9. The molecule has 0 unspecified atom stereocenters. The summed E-state index contributed by atoms with van der Waals surface area (Å²) in [7, 11) is 0. The summed E-state index contributed by atoms with van der Waals surface area (Å²) < 4.78 is 6.36. The maximum atomic E-state index is 6.36. The number of ether oxygens (including phenoxy) is 1. The van der Waals surface area contributed by atoms with Gasteiger partial charge in [-0.05, 0) is 43.9 Å². The van der Waals surface area contributed by atoms with Crippen LogP contribution in [0.4, 0.5) is 0 Å². The van der Waals surface area contributed by atoms with Crippen LogP contribution in [0.25, 0.3) is 0 Å². The third-order valence-electron chi connectivity index (χ3n) is 4.61. The van der Waals surface area contributed by atoms with Gasteiger partial charge in [0.15, 0.2) is 0 Å². The Labute approximate surface area is 99.9 Å². The molecule has 0 radical (unpaired) electrons. The molecule has 0 atom stereocenters. The zero-order chi connectivity index (χ0) is 11.6. The van der Waals surface area contributed by atoms with Gasteiger partial charge >= 0.3 is 0 Å². The lowest BCUT2D eigenvalue weighted by Gasteiger charge is -2.44. The second-order valence-corrected chi connectivity index (χ2v) is 6.58. The molecule has 0 aromatic heterocycles. The SMILES string of the molecule is CC1(C)CCC(CN)(OC2CCCC2)CC1. The molecule has 0 heterocycles. The molecule has 0 aromatic rings. The van der Waals surface area contributed by atoms with Gasteiger partial charge in [0.1, 0.15) is 0 Å². The molecule has 94 valence electrons. The Kier molecular flexibility index (Phi) is 3.60. The first-order chi connectivity index (χ1) is 7.55. The first kappa shape index (κ1) is 12.4. The lowest BCUT2D eigenvalue weighted by molar-refractivity contribution is -0.118. The van der Waals surface area contributed by atoms with Crippen LogP contribution in [0.3, 0.4) is 0 Å². The molecule has 2 nitrogen and oxygen atoms in total. The first-order valence-corrected chi connectivity index (χ1v) is 6.93. The maximum Gasteiger partial charge on any atom is 0.0808 e. The molecule has 0 aromatic carbocycles. The fraction of sp³-hybridized carbons (Fsp3) is 1.00. The van der Waals surface area contributed by atoms with Crippen LogP contribution in [0, 0.1) is 5.41 Å². The number of hydrogen-bond donors (Lipinski definition) is 1. The zero-order valence-electron chi connectivity index (χ0n) is 10.9. The lowest BCUT2D eigenvalue weighted by Crippen LogP contribution is -2.47. The minimum absolute atomic E-state index is 0.0184. The van der Waals surface area contributed by atoms with Gasteiger partial charge in [-0.3, -0.25) is 0 Å². The quantitative estimate of drug-likeness (QED) is 0.800. The monoisotopic (exact) mass is 225 g/mol. The molecular formula is C14H27NO. The van der Waals surface area contributed by atoms with Crippen LogP contribution in [0.15, 0.2) is 0 Å². The summed E-state index contributed by atoms with van der Waals surface area (Å²) in [5, 5.41) is 0. The number of rotatable bonds is 3. The molecule has 2 rings (SSSR count). The van der Waals surface area contributed by atoms with E-state index in [4.69, 9.17) is 10.5 Å². The Bertz CT molecular complexity index is 221. The van der Waals surface area contributed by atoms with Gasteiger partial charge in [0.05, 0.1) is 11.7 Å². The van der Waals surface area contributed by atoms with E-state index in [1.807, 2.05) is 0 Å². The molecular weight excluding hydrogens is 198 g/mol. The minimum Gasteiger partial charge on any atom is -0.370 e. The van der Waals surface area contributed by atoms with Gasteiger partial charge in [-0.15, -0.1) is 0 Å². The summed E-state index contributed by atoms with van der Waals surface area (Å²) in [5.74, 6) is 0. The second kappa shape index (κ2) is 4.66. The van der Waals surface area contributed by atoms with Gasteiger partial charge in [-0.1, -0.05) is 26.7 Å². The van der Waals surface area contributed by atoms with E-state index >= 15 is 0 Å². The Morgan fingerprint density at radius 1 is 1.06 bits per heavy atom. The third-order valence-corrected chi connectivity index (χ3v) is 4.61. The van der Waals surface area contributed by atoms with Crippen molar-refractivity contribution in [3.63, 3.8) is 0 Å². The summed E-state index contributed by atoms with van der Waals surface area (Å²) in [5.41, 5.74) is 6.50. The van der Waals surface area contributed by atoms with Crippen LogP contribution in [0.5, 0.6) is 0 Å². The van der Waals surface area contributed by atoms with Crippen molar-refractivity contribution in [1.29, 1.82) is 0 Å². The van der Waals surface area contributed by atoms with Gasteiger partial charge in [0.25, 0.3) is 0 Å². The molecule has 2 fully saturated rings. The smallest absolute Gasteiger partial charge is 0.0808 e. The predicted octanol–water partition coefficient (Wildman–Crippen LogP) is 3.24. The van der Waals surface area contributed by atoms with E-state index in [0.717, 1.165) is 12.8 Å². The molecule has 2 heteroatoms. The van der Waals surface area contributed by atoms with Gasteiger partial charge in [0, 0.05) is 6.54 Å². The fourth-order valence-corrected chi connectivity index (χ4v) is 3.11. The summed E-state index contributed by atoms with van der Waals surface area (Å²) in [6.07, 6.45) is 10.5. The van der Waals surface area contributed by atoms with Gasteiger partial charge in [0.2, 0.25) is 0 Å². The number of hydrogen-bond acceptors (Lipinski definition) is 2. The summed E-state index contributed by atoms with van der Waals surface area (Å²) >= 11 is 0. The summed E-state index contributed by atoms with van der Waals surface area (Å²) in [6, 6.07) is 0. The van der Waals surface area contributed by atoms with Gasteiger partial charge in [-0.25, -0.2) is 0 Å². The van der Waals surface area contributed by atoms with E-state index < -0.39 is 0 Å². The van der Waals surface area contributed by atoms with Crippen molar-refractivity contribution >= 4 is 0 Å². The molecule has 0 spiro atoms. The molecule has 16 heavy (non-hydrogen) atoms. The van der Waals surface area contributed by atoms with Crippen LogP contribution < -0.4 is 5.73 Å². The minimum atomic E-state index is 0.0184. The van der Waals surface area contributed by atoms with Crippen molar-refractivity contribution in [3.05, 3.63) is 0 Å². The molecule has 0 aliphatic heterocycles. The molecule has 0 amide bonds. The van der Waals surface area contributed by atoms with Crippen molar-refractivity contribution < 1.29 is 4.74 Å². The van der Waals surface area contributed by atoms with Gasteiger partial charge < -0.3 is 10.5 Å². The van der Waals surface area contributed by atoms with E-state index in [0.29, 0.717) is 18.1 Å². The van der Waals surface area contributed by atoms with Crippen molar-refractivity contribution in [2.24, 2.45) is 11.1 Å². The highest BCUT2D eigenvalue weighted by Crippen LogP contribution is 2.43. The maximum absolute atomic E-state index is 6.36. The highest BCUT2D eigenvalue weighted by atomic mass is 16.5. The third kappa shape index (κ3) is 2.78. The van der Waals surface area contributed by atoms with E-state index in [1.165, 1.54) is 38.5 Å². The highest BCUT2D eigenvalue weighted by Gasteiger charge is 2.40. The molecule has 0 bridgehead atoms. The average molecular weight is 225 g/mol. The Morgan fingerprint density at radius 2 is 1.62 bits per heavy atom. The van der Waals surface area contributed by atoms with E-state index in [2.05, 4.69) is 13.8 Å². The van der Waals surface area contributed by atoms with Crippen LogP contribution in [0.1, 0.15) is 65.2 Å². The van der Waals surface area contributed by atoms with E-state index in [1.54, 1.807) is 0 Å².